The third-order valence-corrected chi connectivity index (χ3v) is 1.46. The average Bonchev–Trinajstić information content (AvgIpc) is 2.53. The van der Waals surface area contributed by atoms with E-state index in [0.29, 0.717) is 12.2 Å². The number of nitrogens with one attached hydrogen (secondary N) is 1. The number of hydrogen-bond acceptors (Lipinski definition) is 5. The van der Waals surface area contributed by atoms with Crippen LogP contribution in [-0.2, 0) is 6.42 Å². The highest BCUT2D eigenvalue weighted by Gasteiger charge is 2.02. The minimum Gasteiger partial charge on any atom is -0.296 e. The van der Waals surface area contributed by atoms with Crippen molar-refractivity contribution in [3.8, 4) is 0 Å². The van der Waals surface area contributed by atoms with E-state index < -0.39 is 5.76 Å². The third-order valence-electron chi connectivity index (χ3n) is 1.46. The van der Waals surface area contributed by atoms with Crippen LogP contribution in [0.1, 0.15) is 11.5 Å². The highest BCUT2D eigenvalue weighted by Crippen LogP contribution is 1.97. The monoisotopic (exact) mass is 178 g/mol. The zero-order valence-corrected chi connectivity index (χ0v) is 6.60. The van der Waals surface area contributed by atoms with Crippen molar-refractivity contribution in [3.63, 3.8) is 0 Å². The van der Waals surface area contributed by atoms with Crippen LogP contribution in [0.15, 0.2) is 27.6 Å². The molecule has 66 valence electrons. The van der Waals surface area contributed by atoms with E-state index in [9.17, 15) is 4.79 Å². The predicted molar refractivity (Wildman–Crippen MR) is 42.0 cm³/mol. The first-order valence-corrected chi connectivity index (χ1v) is 3.66. The van der Waals surface area contributed by atoms with Crippen LogP contribution in [0, 0.1) is 0 Å². The van der Waals surface area contributed by atoms with Crippen molar-refractivity contribution in [1.82, 2.24) is 20.3 Å². The highest BCUT2D eigenvalue weighted by atomic mass is 16.5. The topological polar surface area (TPSA) is 84.7 Å². The van der Waals surface area contributed by atoms with Crippen molar-refractivity contribution < 1.29 is 4.52 Å². The minimum absolute atomic E-state index is 0.416. The molecule has 1 N–H and O–H groups in total. The summed E-state index contributed by atoms with van der Waals surface area (Å²) in [6.45, 7) is 0. The van der Waals surface area contributed by atoms with Crippen molar-refractivity contribution >= 4 is 0 Å². The van der Waals surface area contributed by atoms with Crippen LogP contribution in [0.3, 0.4) is 0 Å². The molecule has 2 heterocycles. The van der Waals surface area contributed by atoms with Gasteiger partial charge < -0.3 is 0 Å². The van der Waals surface area contributed by atoms with Crippen LogP contribution in [-0.4, -0.2) is 20.3 Å². The largest absolute Gasteiger partial charge is 0.438 e. The molecule has 2 rings (SSSR count). The molecule has 0 aromatic carbocycles. The molecule has 0 saturated heterocycles. The lowest BCUT2D eigenvalue weighted by molar-refractivity contribution is 0.382. The molecule has 0 aliphatic heterocycles. The quantitative estimate of drug-likeness (QED) is 0.685. The summed E-state index contributed by atoms with van der Waals surface area (Å²) < 4.78 is 4.33. The number of nitrogens with zero attached hydrogens (tertiary/aromatic N) is 3. The second-order valence-corrected chi connectivity index (χ2v) is 2.43. The van der Waals surface area contributed by atoms with Gasteiger partial charge in [0.2, 0.25) is 0 Å². The van der Waals surface area contributed by atoms with Gasteiger partial charge in [-0.25, -0.2) is 4.79 Å². The summed E-state index contributed by atoms with van der Waals surface area (Å²) in [5, 5.41) is 11.0. The molecule has 0 unspecified atom stereocenters. The maximum absolute atomic E-state index is 10.6. The molecule has 13 heavy (non-hydrogen) atoms. The normalized spacial score (nSPS) is 10.2. The summed E-state index contributed by atoms with van der Waals surface area (Å²) in [5.74, 6) is -0.107. The molecule has 0 aliphatic rings. The van der Waals surface area contributed by atoms with Gasteiger partial charge in [0.15, 0.2) is 5.82 Å². The molecule has 6 heteroatoms. The van der Waals surface area contributed by atoms with Gasteiger partial charge in [0, 0.05) is 6.20 Å². The smallest absolute Gasteiger partial charge is 0.296 e. The van der Waals surface area contributed by atoms with Crippen molar-refractivity contribution in [3.05, 3.63) is 40.4 Å². The highest BCUT2D eigenvalue weighted by molar-refractivity contribution is 5.05. The summed E-state index contributed by atoms with van der Waals surface area (Å²) in [5.41, 5.74) is 0.729. The molecule has 0 fully saturated rings. The van der Waals surface area contributed by atoms with E-state index in [0.717, 1.165) is 5.69 Å². The van der Waals surface area contributed by atoms with Gasteiger partial charge in [-0.2, -0.15) is 10.2 Å². The lowest BCUT2D eigenvalue weighted by Crippen LogP contribution is -1.99. The first kappa shape index (κ1) is 7.66. The van der Waals surface area contributed by atoms with Gasteiger partial charge in [0.1, 0.15) is 0 Å². The second kappa shape index (κ2) is 3.18. The van der Waals surface area contributed by atoms with Gasteiger partial charge in [-0.15, -0.1) is 0 Å². The van der Waals surface area contributed by atoms with Crippen LogP contribution < -0.4 is 5.76 Å². The van der Waals surface area contributed by atoms with Crippen LogP contribution in [0.25, 0.3) is 0 Å². The average molecular weight is 178 g/mol. The molecule has 0 aliphatic carbocycles. The molecule has 6 nitrogen and oxygen atoms in total. The Balaban J connectivity index is 2.20. The maximum Gasteiger partial charge on any atom is 0.438 e. The first-order valence-electron chi connectivity index (χ1n) is 3.66. The van der Waals surface area contributed by atoms with Gasteiger partial charge in [-0.1, -0.05) is 5.16 Å². The Kier molecular flexibility index (Phi) is 1.87. The molecule has 0 radical (unpaired) electrons. The summed E-state index contributed by atoms with van der Waals surface area (Å²) >= 11 is 0. The number of rotatable bonds is 2. The van der Waals surface area contributed by atoms with Gasteiger partial charge in [-0.05, 0) is 12.1 Å². The minimum atomic E-state index is -0.557. The van der Waals surface area contributed by atoms with Crippen molar-refractivity contribution in [1.29, 1.82) is 0 Å². The lowest BCUT2D eigenvalue weighted by atomic mass is 10.3. The zero-order chi connectivity index (χ0) is 9.10. The Bertz CT molecular complexity index is 433. The maximum atomic E-state index is 10.6. The van der Waals surface area contributed by atoms with Crippen molar-refractivity contribution in [2.45, 2.75) is 6.42 Å². The third kappa shape index (κ3) is 1.78. The summed E-state index contributed by atoms with van der Waals surface area (Å²) in [4.78, 5) is 13.0. The summed E-state index contributed by atoms with van der Waals surface area (Å²) in [6, 6.07) is 3.56. The molecule has 0 saturated carbocycles. The molecule has 2 aromatic rings. The summed E-state index contributed by atoms with van der Waals surface area (Å²) in [7, 11) is 0. The Morgan fingerprint density at radius 2 is 2.46 bits per heavy atom. The van der Waals surface area contributed by atoms with E-state index in [1.165, 1.54) is 0 Å². The fraction of sp³-hybridized carbons (Fsp3) is 0.143. The van der Waals surface area contributed by atoms with Gasteiger partial charge in [0.25, 0.3) is 0 Å². The molecule has 0 amide bonds. The van der Waals surface area contributed by atoms with Crippen LogP contribution in [0.4, 0.5) is 0 Å². The molecule has 0 spiro atoms. The number of aromatic nitrogens is 4. The summed E-state index contributed by atoms with van der Waals surface area (Å²) in [6.07, 6.45) is 1.99. The predicted octanol–water partition coefficient (Wildman–Crippen LogP) is -0.256. The zero-order valence-electron chi connectivity index (χ0n) is 6.60. The standard InChI is InChI=1S/C7H6N4O2/c12-7-9-6(11-13-7)4-5-2-1-3-8-10-5/h1-3H,4H2,(H,9,11,12). The van der Waals surface area contributed by atoms with Gasteiger partial charge in [-0.3, -0.25) is 9.51 Å². The molecule has 2 aromatic heterocycles. The molecular formula is C7H6N4O2. The van der Waals surface area contributed by atoms with E-state index in [2.05, 4.69) is 24.9 Å². The van der Waals surface area contributed by atoms with Crippen LogP contribution >= 0.6 is 0 Å². The fourth-order valence-corrected chi connectivity index (χ4v) is 0.936. The first-order chi connectivity index (χ1) is 6.34. The van der Waals surface area contributed by atoms with E-state index in [-0.39, 0.29) is 0 Å². The van der Waals surface area contributed by atoms with Crippen LogP contribution in [0.2, 0.25) is 0 Å². The van der Waals surface area contributed by atoms with Gasteiger partial charge >= 0.3 is 5.76 Å². The Labute approximate surface area is 72.6 Å². The van der Waals surface area contributed by atoms with Crippen molar-refractivity contribution in [2.24, 2.45) is 0 Å². The van der Waals surface area contributed by atoms with E-state index in [1.807, 2.05) is 0 Å². The Hall–Kier alpha value is -1.98. The lowest BCUT2D eigenvalue weighted by Gasteiger charge is -1.91. The van der Waals surface area contributed by atoms with E-state index in [1.54, 1.807) is 18.3 Å². The van der Waals surface area contributed by atoms with Gasteiger partial charge in [0.05, 0.1) is 12.1 Å². The number of hydrogen-bond donors (Lipinski definition) is 1. The second-order valence-electron chi connectivity index (χ2n) is 2.43. The Morgan fingerprint density at radius 3 is 3.08 bits per heavy atom. The van der Waals surface area contributed by atoms with E-state index in [4.69, 9.17) is 0 Å². The van der Waals surface area contributed by atoms with E-state index >= 15 is 0 Å². The number of aromatic amines is 1. The molecule has 0 bridgehead atoms. The number of H-pyrrole nitrogens is 1. The Morgan fingerprint density at radius 1 is 1.54 bits per heavy atom. The molecule has 0 atom stereocenters. The molecular weight excluding hydrogens is 172 g/mol. The van der Waals surface area contributed by atoms with Crippen LogP contribution in [0.5, 0.6) is 0 Å². The fourth-order valence-electron chi connectivity index (χ4n) is 0.936. The SMILES string of the molecule is O=c1[nH]c(Cc2cccnn2)no1. The van der Waals surface area contributed by atoms with Crippen molar-refractivity contribution in [2.75, 3.05) is 0 Å².